The molecule has 0 aliphatic heterocycles. The summed E-state index contributed by atoms with van der Waals surface area (Å²) in [5, 5.41) is 6.89. The SMILES string of the molecule is C=N/C=C(C=NC1(c2ccccc2)CCCCCC1)/C(=N/N=C)OCC(F)(F)F.CN. The van der Waals surface area contributed by atoms with Crippen LogP contribution in [0.25, 0.3) is 0 Å². The van der Waals surface area contributed by atoms with E-state index in [1.807, 2.05) is 30.3 Å². The van der Waals surface area contributed by atoms with Crippen LogP contribution in [0.1, 0.15) is 44.1 Å². The van der Waals surface area contributed by atoms with Gasteiger partial charge in [-0.15, -0.1) is 5.10 Å². The number of nitrogens with two attached hydrogens (primary N) is 1. The third kappa shape index (κ3) is 8.84. The van der Waals surface area contributed by atoms with Gasteiger partial charge in [0.25, 0.3) is 0 Å². The molecule has 31 heavy (non-hydrogen) atoms. The Balaban J connectivity index is 0.00000233. The number of alkyl halides is 3. The quantitative estimate of drug-likeness (QED) is 0.280. The van der Waals surface area contributed by atoms with Crippen LogP contribution in [0.3, 0.4) is 0 Å². The van der Waals surface area contributed by atoms with Crippen LogP contribution in [0.5, 0.6) is 0 Å². The van der Waals surface area contributed by atoms with Crippen LogP contribution < -0.4 is 5.73 Å². The van der Waals surface area contributed by atoms with E-state index in [0.717, 1.165) is 44.1 Å². The first-order chi connectivity index (χ1) is 14.9. The van der Waals surface area contributed by atoms with Crippen LogP contribution >= 0.6 is 0 Å². The second kappa shape index (κ2) is 13.5. The molecule has 0 unspecified atom stereocenters. The molecule has 2 N–H and O–H groups in total. The lowest BCUT2D eigenvalue weighted by Crippen LogP contribution is -2.25. The average Bonchev–Trinajstić information content (AvgIpc) is 3.02. The molecule has 9 heteroatoms. The van der Waals surface area contributed by atoms with Gasteiger partial charge in [0.2, 0.25) is 5.90 Å². The van der Waals surface area contributed by atoms with E-state index in [1.165, 1.54) is 19.5 Å². The Kier molecular flexibility index (Phi) is 11.4. The fourth-order valence-corrected chi connectivity index (χ4v) is 3.37. The van der Waals surface area contributed by atoms with Crippen LogP contribution in [-0.4, -0.2) is 45.4 Å². The Bertz CT molecular complexity index is 765. The molecule has 1 fully saturated rings. The molecule has 0 spiro atoms. The van der Waals surface area contributed by atoms with Crippen molar-refractivity contribution in [3.63, 3.8) is 0 Å². The molecule has 1 aliphatic rings. The predicted octanol–water partition coefficient (Wildman–Crippen LogP) is 5.06. The van der Waals surface area contributed by atoms with Crippen molar-refractivity contribution < 1.29 is 17.9 Å². The highest BCUT2D eigenvalue weighted by Gasteiger charge is 2.32. The molecule has 6 nitrogen and oxygen atoms in total. The Morgan fingerprint density at radius 1 is 1.10 bits per heavy atom. The summed E-state index contributed by atoms with van der Waals surface area (Å²) in [6.07, 6.45) is 4.17. The predicted molar refractivity (Wildman–Crippen MR) is 121 cm³/mol. The average molecular weight is 438 g/mol. The zero-order valence-corrected chi connectivity index (χ0v) is 17.8. The first-order valence-corrected chi connectivity index (χ1v) is 9.98. The Labute approximate surface area is 181 Å². The number of hydrogen-bond acceptors (Lipinski definition) is 6. The number of hydrogen-bond donors (Lipinski definition) is 1. The van der Waals surface area contributed by atoms with Gasteiger partial charge < -0.3 is 10.5 Å². The molecule has 0 saturated heterocycles. The minimum Gasteiger partial charge on any atom is -0.466 e. The topological polar surface area (TPSA) is 84.7 Å². The van der Waals surface area contributed by atoms with Crippen molar-refractivity contribution in [2.24, 2.45) is 25.9 Å². The van der Waals surface area contributed by atoms with Crippen LogP contribution in [0.15, 0.2) is 62.3 Å². The Hall–Kier alpha value is -2.81. The van der Waals surface area contributed by atoms with E-state index >= 15 is 0 Å². The van der Waals surface area contributed by atoms with Crippen molar-refractivity contribution in [2.75, 3.05) is 13.7 Å². The third-order valence-electron chi connectivity index (χ3n) is 4.70. The van der Waals surface area contributed by atoms with Gasteiger partial charge in [-0.05, 0) is 32.2 Å². The highest BCUT2D eigenvalue weighted by molar-refractivity contribution is 6.12. The second-order valence-corrected chi connectivity index (χ2v) is 6.79. The van der Waals surface area contributed by atoms with Crippen LogP contribution in [-0.2, 0) is 10.3 Å². The van der Waals surface area contributed by atoms with Gasteiger partial charge in [-0.1, -0.05) is 56.0 Å². The lowest BCUT2D eigenvalue weighted by Gasteiger charge is -2.29. The van der Waals surface area contributed by atoms with Gasteiger partial charge in [0, 0.05) is 19.1 Å². The monoisotopic (exact) mass is 437 g/mol. The summed E-state index contributed by atoms with van der Waals surface area (Å²) in [5.74, 6) is -0.356. The third-order valence-corrected chi connectivity index (χ3v) is 4.70. The summed E-state index contributed by atoms with van der Waals surface area (Å²) in [6, 6.07) is 9.91. The summed E-state index contributed by atoms with van der Waals surface area (Å²) in [6.45, 7) is 5.06. The van der Waals surface area contributed by atoms with Gasteiger partial charge in [-0.25, -0.2) is 0 Å². The molecular weight excluding hydrogens is 407 g/mol. The van der Waals surface area contributed by atoms with E-state index in [2.05, 4.69) is 34.4 Å². The molecule has 0 heterocycles. The first kappa shape index (κ1) is 26.2. The molecule has 0 bridgehead atoms. The van der Waals surface area contributed by atoms with Crippen LogP contribution in [0.2, 0.25) is 0 Å². The van der Waals surface area contributed by atoms with Gasteiger partial charge in [0.05, 0.1) is 11.1 Å². The highest BCUT2D eigenvalue weighted by Crippen LogP contribution is 2.39. The lowest BCUT2D eigenvalue weighted by molar-refractivity contribution is -0.156. The number of nitrogens with zero attached hydrogens (tertiary/aromatic N) is 4. The minimum absolute atomic E-state index is 0.149. The summed E-state index contributed by atoms with van der Waals surface area (Å²) >= 11 is 0. The molecule has 0 aromatic heterocycles. The Morgan fingerprint density at radius 2 is 1.71 bits per heavy atom. The molecule has 2 rings (SSSR count). The number of aliphatic imine (C=N–C) groups is 2. The van der Waals surface area contributed by atoms with Gasteiger partial charge in [0.1, 0.15) is 0 Å². The molecule has 0 radical (unpaired) electrons. The van der Waals surface area contributed by atoms with E-state index in [-0.39, 0.29) is 11.5 Å². The van der Waals surface area contributed by atoms with Crippen molar-refractivity contribution in [3.05, 3.63) is 47.7 Å². The van der Waals surface area contributed by atoms with Crippen molar-refractivity contribution in [3.8, 4) is 0 Å². The van der Waals surface area contributed by atoms with Crippen molar-refractivity contribution >= 4 is 25.5 Å². The summed E-state index contributed by atoms with van der Waals surface area (Å²) in [4.78, 5) is 8.48. The summed E-state index contributed by atoms with van der Waals surface area (Å²) in [5.41, 5.74) is 5.26. The van der Waals surface area contributed by atoms with E-state index < -0.39 is 18.3 Å². The first-order valence-electron chi connectivity index (χ1n) is 9.98. The van der Waals surface area contributed by atoms with Crippen LogP contribution in [0.4, 0.5) is 13.2 Å². The van der Waals surface area contributed by atoms with E-state index in [4.69, 9.17) is 9.73 Å². The molecule has 1 aromatic rings. The maximum absolute atomic E-state index is 12.6. The van der Waals surface area contributed by atoms with Crippen LogP contribution in [0, 0.1) is 0 Å². The highest BCUT2D eigenvalue weighted by atomic mass is 19.4. The standard InChI is InChI=1S/C21H25F3N4O.CH5N/c1-25-14-17(19(28-26-2)29-16-21(22,23)24)15-27-20(12-8-3-4-9-13-20)18-10-6-5-7-11-18;1-2/h5-7,10-11,14-15H,1-4,8-9,12-13,16H2;2H2,1H3/b17-14+,27-15?,28-19-;. The fraction of sp³-hybridized carbons (Fsp3) is 0.455. The van der Waals surface area contributed by atoms with Crippen molar-refractivity contribution in [2.45, 2.75) is 50.2 Å². The lowest BCUT2D eigenvalue weighted by atomic mass is 9.83. The number of halogens is 3. The molecule has 0 atom stereocenters. The molecular formula is C22H30F3N5O. The molecule has 170 valence electrons. The summed E-state index contributed by atoms with van der Waals surface area (Å²) in [7, 11) is 1.50. The van der Waals surface area contributed by atoms with Crippen molar-refractivity contribution in [1.29, 1.82) is 0 Å². The van der Waals surface area contributed by atoms with Gasteiger partial charge >= 0.3 is 6.18 Å². The number of rotatable bonds is 7. The van der Waals surface area contributed by atoms with Gasteiger partial charge in [-0.2, -0.15) is 18.3 Å². The van der Waals surface area contributed by atoms with E-state index in [0.29, 0.717) is 0 Å². The molecule has 1 aromatic carbocycles. The second-order valence-electron chi connectivity index (χ2n) is 6.79. The van der Waals surface area contributed by atoms with Gasteiger partial charge in [0.15, 0.2) is 6.61 Å². The van der Waals surface area contributed by atoms with Gasteiger partial charge in [-0.3, -0.25) is 9.98 Å². The molecule has 0 amide bonds. The minimum atomic E-state index is -4.52. The smallest absolute Gasteiger partial charge is 0.422 e. The number of benzene rings is 1. The normalized spacial score (nSPS) is 17.3. The maximum Gasteiger partial charge on any atom is 0.422 e. The maximum atomic E-state index is 12.6. The van der Waals surface area contributed by atoms with E-state index in [1.54, 1.807) is 0 Å². The largest absolute Gasteiger partial charge is 0.466 e. The van der Waals surface area contributed by atoms with Crippen molar-refractivity contribution in [1.82, 2.24) is 0 Å². The number of ether oxygens (including phenoxy) is 1. The summed E-state index contributed by atoms with van der Waals surface area (Å²) < 4.78 is 42.6. The zero-order valence-electron chi connectivity index (χ0n) is 17.8. The molecule has 1 aliphatic carbocycles. The fourth-order valence-electron chi connectivity index (χ4n) is 3.37. The Morgan fingerprint density at radius 3 is 2.23 bits per heavy atom. The van der Waals surface area contributed by atoms with E-state index in [9.17, 15) is 13.2 Å². The zero-order chi connectivity index (χ0) is 23.2. The molecule has 1 saturated carbocycles.